The Hall–Kier alpha value is -0.370. The molecule has 0 saturated heterocycles. The van der Waals surface area contributed by atoms with Crippen molar-refractivity contribution in [2.24, 2.45) is 10.8 Å². The smallest absolute Gasteiger partial charge is 0.125 e. The van der Waals surface area contributed by atoms with Crippen LogP contribution in [0.4, 0.5) is 0 Å². The van der Waals surface area contributed by atoms with Crippen molar-refractivity contribution < 1.29 is 9.90 Å². The molecule has 2 nitrogen and oxygen atoms in total. The number of rotatable bonds is 2. The zero-order valence-electron chi connectivity index (χ0n) is 12.2. The van der Waals surface area contributed by atoms with Gasteiger partial charge in [0.2, 0.25) is 0 Å². The third-order valence-corrected chi connectivity index (χ3v) is 4.72. The van der Waals surface area contributed by atoms with Crippen LogP contribution in [0, 0.1) is 10.8 Å². The molecule has 0 aromatic heterocycles. The molecule has 0 bridgehead atoms. The molecule has 2 aliphatic carbocycles. The number of hydrogen-bond donors (Lipinski definition) is 1. The van der Waals surface area contributed by atoms with E-state index >= 15 is 0 Å². The number of hydrogen-bond acceptors (Lipinski definition) is 2. The Bertz CT molecular complexity index is 235. The SMILES string of the molecule is CC1(C=O)CCCCC1.CC1(CO)CCCCC1. The van der Waals surface area contributed by atoms with Crippen molar-refractivity contribution in [1.82, 2.24) is 0 Å². The first kappa shape index (κ1) is 15.7. The first-order chi connectivity index (χ1) is 8.54. The Kier molecular flexibility index (Phi) is 6.34. The minimum atomic E-state index is 0.0399. The molecule has 0 aromatic rings. The summed E-state index contributed by atoms with van der Waals surface area (Å²) in [6, 6.07) is 0. The van der Waals surface area contributed by atoms with E-state index < -0.39 is 0 Å². The number of carbonyl (C=O) groups is 1. The summed E-state index contributed by atoms with van der Waals surface area (Å²) in [6.07, 6.45) is 13.6. The lowest BCUT2D eigenvalue weighted by Gasteiger charge is -2.31. The highest BCUT2D eigenvalue weighted by Gasteiger charge is 2.25. The van der Waals surface area contributed by atoms with Gasteiger partial charge in [0.25, 0.3) is 0 Å². The molecular formula is C16H30O2. The maximum Gasteiger partial charge on any atom is 0.125 e. The fraction of sp³-hybridized carbons (Fsp3) is 0.938. The van der Waals surface area contributed by atoms with Crippen LogP contribution in [-0.4, -0.2) is 18.0 Å². The lowest BCUT2D eigenvalue weighted by molar-refractivity contribution is -0.116. The number of aldehydes is 1. The van der Waals surface area contributed by atoms with Crippen molar-refractivity contribution in [3.63, 3.8) is 0 Å². The molecule has 0 aliphatic heterocycles. The van der Waals surface area contributed by atoms with E-state index in [4.69, 9.17) is 5.11 Å². The summed E-state index contributed by atoms with van der Waals surface area (Å²) in [4.78, 5) is 10.5. The normalized spacial score (nSPS) is 25.7. The largest absolute Gasteiger partial charge is 0.396 e. The fourth-order valence-corrected chi connectivity index (χ4v) is 3.04. The van der Waals surface area contributed by atoms with E-state index in [0.29, 0.717) is 6.61 Å². The maximum absolute atomic E-state index is 10.5. The van der Waals surface area contributed by atoms with Crippen molar-refractivity contribution in [2.45, 2.75) is 78.1 Å². The summed E-state index contributed by atoms with van der Waals surface area (Å²) < 4.78 is 0. The first-order valence-corrected chi connectivity index (χ1v) is 7.61. The summed E-state index contributed by atoms with van der Waals surface area (Å²) in [6.45, 7) is 4.64. The van der Waals surface area contributed by atoms with E-state index in [9.17, 15) is 4.79 Å². The quantitative estimate of drug-likeness (QED) is 0.753. The average molecular weight is 254 g/mol. The summed E-state index contributed by atoms with van der Waals surface area (Å²) in [5, 5.41) is 8.95. The van der Waals surface area contributed by atoms with Crippen LogP contribution < -0.4 is 0 Å². The molecule has 2 aliphatic rings. The zero-order valence-corrected chi connectivity index (χ0v) is 12.2. The number of aliphatic hydroxyl groups excluding tert-OH is 1. The second kappa shape index (κ2) is 7.28. The van der Waals surface area contributed by atoms with Gasteiger partial charge in [0.15, 0.2) is 0 Å². The lowest BCUT2D eigenvalue weighted by atomic mass is 9.76. The lowest BCUT2D eigenvalue weighted by Crippen LogP contribution is -2.23. The van der Waals surface area contributed by atoms with Gasteiger partial charge in [-0.3, -0.25) is 0 Å². The van der Waals surface area contributed by atoms with Crippen LogP contribution in [0.5, 0.6) is 0 Å². The number of aliphatic hydroxyl groups is 1. The minimum Gasteiger partial charge on any atom is -0.396 e. The summed E-state index contributed by atoms with van der Waals surface area (Å²) >= 11 is 0. The van der Waals surface area contributed by atoms with Gasteiger partial charge in [-0.05, 0) is 31.1 Å². The Labute approximate surface area is 112 Å². The van der Waals surface area contributed by atoms with Gasteiger partial charge in [0, 0.05) is 12.0 Å². The molecule has 1 N–H and O–H groups in total. The van der Waals surface area contributed by atoms with Gasteiger partial charge in [0.1, 0.15) is 6.29 Å². The molecule has 2 fully saturated rings. The summed E-state index contributed by atoms with van der Waals surface area (Å²) in [7, 11) is 0. The van der Waals surface area contributed by atoms with Crippen molar-refractivity contribution >= 4 is 6.29 Å². The Morgan fingerprint density at radius 2 is 1.33 bits per heavy atom. The molecule has 0 atom stereocenters. The number of carbonyl (C=O) groups excluding carboxylic acids is 1. The van der Waals surface area contributed by atoms with Crippen LogP contribution in [0.25, 0.3) is 0 Å². The monoisotopic (exact) mass is 254 g/mol. The van der Waals surface area contributed by atoms with E-state index in [0.717, 1.165) is 19.1 Å². The predicted octanol–water partition coefficient (Wildman–Crippen LogP) is 4.10. The van der Waals surface area contributed by atoms with Gasteiger partial charge in [-0.25, -0.2) is 0 Å². The zero-order chi connectivity index (χ0) is 13.5. The third kappa shape index (κ3) is 5.09. The minimum absolute atomic E-state index is 0.0399. The van der Waals surface area contributed by atoms with Gasteiger partial charge in [-0.2, -0.15) is 0 Å². The summed E-state index contributed by atoms with van der Waals surface area (Å²) in [5.41, 5.74) is 0.316. The molecule has 0 amide bonds. The fourth-order valence-electron chi connectivity index (χ4n) is 3.04. The van der Waals surface area contributed by atoms with E-state index in [1.165, 1.54) is 51.4 Å². The van der Waals surface area contributed by atoms with Gasteiger partial charge in [-0.15, -0.1) is 0 Å². The van der Waals surface area contributed by atoms with E-state index in [2.05, 4.69) is 13.8 Å². The van der Waals surface area contributed by atoms with Crippen LogP contribution in [0.3, 0.4) is 0 Å². The predicted molar refractivity (Wildman–Crippen MR) is 75.5 cm³/mol. The van der Waals surface area contributed by atoms with Crippen molar-refractivity contribution in [3.8, 4) is 0 Å². The van der Waals surface area contributed by atoms with Gasteiger partial charge >= 0.3 is 0 Å². The van der Waals surface area contributed by atoms with Gasteiger partial charge in [0.05, 0.1) is 0 Å². The molecular weight excluding hydrogens is 224 g/mol. The third-order valence-electron chi connectivity index (χ3n) is 4.72. The Balaban J connectivity index is 0.000000180. The molecule has 0 heterocycles. The molecule has 2 heteroatoms. The van der Waals surface area contributed by atoms with Gasteiger partial charge in [-0.1, -0.05) is 52.4 Å². The maximum atomic E-state index is 10.5. The average Bonchev–Trinajstić information content (AvgIpc) is 2.41. The van der Waals surface area contributed by atoms with E-state index in [1.807, 2.05) is 0 Å². The van der Waals surface area contributed by atoms with Crippen LogP contribution in [0.1, 0.15) is 78.1 Å². The Morgan fingerprint density at radius 1 is 0.889 bits per heavy atom. The molecule has 0 aromatic carbocycles. The Morgan fingerprint density at radius 3 is 1.61 bits per heavy atom. The molecule has 0 radical (unpaired) electrons. The highest BCUT2D eigenvalue weighted by Crippen LogP contribution is 2.34. The van der Waals surface area contributed by atoms with Crippen molar-refractivity contribution in [1.29, 1.82) is 0 Å². The molecule has 18 heavy (non-hydrogen) atoms. The second-order valence-electron chi connectivity index (χ2n) is 6.86. The highest BCUT2D eigenvalue weighted by molar-refractivity contribution is 5.58. The van der Waals surface area contributed by atoms with E-state index in [1.54, 1.807) is 0 Å². The highest BCUT2D eigenvalue weighted by atomic mass is 16.3. The first-order valence-electron chi connectivity index (χ1n) is 7.61. The van der Waals surface area contributed by atoms with Crippen molar-refractivity contribution in [3.05, 3.63) is 0 Å². The van der Waals surface area contributed by atoms with Gasteiger partial charge < -0.3 is 9.90 Å². The van der Waals surface area contributed by atoms with Crippen LogP contribution in [0.2, 0.25) is 0 Å². The molecule has 2 rings (SSSR count). The van der Waals surface area contributed by atoms with E-state index in [-0.39, 0.29) is 10.8 Å². The molecule has 106 valence electrons. The standard InChI is InChI=1S/C8H16O.C8H14O/c2*1-8(7-9)5-3-2-4-6-8/h9H,2-7H2,1H3;7H,2-6H2,1H3. The van der Waals surface area contributed by atoms with Crippen LogP contribution in [0.15, 0.2) is 0 Å². The topological polar surface area (TPSA) is 37.3 Å². The van der Waals surface area contributed by atoms with Crippen molar-refractivity contribution in [2.75, 3.05) is 6.61 Å². The molecule has 2 saturated carbocycles. The van der Waals surface area contributed by atoms with Crippen LogP contribution >= 0.6 is 0 Å². The molecule has 0 spiro atoms. The second-order valence-corrected chi connectivity index (χ2v) is 6.86. The molecule has 0 unspecified atom stereocenters. The summed E-state index contributed by atoms with van der Waals surface area (Å²) in [5.74, 6) is 0. The van der Waals surface area contributed by atoms with Crippen LogP contribution in [-0.2, 0) is 4.79 Å².